The van der Waals surface area contributed by atoms with Gasteiger partial charge in [-0.05, 0) is 114 Å². The Bertz CT molecular complexity index is 1190. The first-order valence-corrected chi connectivity index (χ1v) is 13.1. The maximum Gasteiger partial charge on any atom is 0.165 e. The number of aromatic nitrogens is 2. The third-order valence-electron chi connectivity index (χ3n) is 8.36. The van der Waals surface area contributed by atoms with Crippen LogP contribution >= 0.6 is 0 Å². The summed E-state index contributed by atoms with van der Waals surface area (Å²) in [5.74, 6) is 1.25. The Kier molecular flexibility index (Phi) is 6.86. The standard InChI is InChI=1S/C29H39FN4O/c1-19(2)33-14-10-24(11-15-33)34-12-8-21(9-13-34)23-16-20(3)28-26(18-23)32(4)29(31-28)22-6-7-27(35-5)25(30)17-22/h6-7,16-19,21,24H,8-15H2,1-5H3. The lowest BCUT2D eigenvalue weighted by atomic mass is 9.87. The molecule has 6 heteroatoms. The summed E-state index contributed by atoms with van der Waals surface area (Å²) >= 11 is 0. The number of imidazole rings is 1. The molecule has 5 nitrogen and oxygen atoms in total. The highest BCUT2D eigenvalue weighted by atomic mass is 19.1. The van der Waals surface area contributed by atoms with Gasteiger partial charge in [0.15, 0.2) is 11.6 Å². The first-order valence-electron chi connectivity index (χ1n) is 13.1. The van der Waals surface area contributed by atoms with E-state index in [2.05, 4.69) is 47.3 Å². The van der Waals surface area contributed by atoms with Crippen molar-refractivity contribution < 1.29 is 9.13 Å². The Balaban J connectivity index is 1.32. The molecule has 1 aromatic heterocycles. The van der Waals surface area contributed by atoms with Crippen LogP contribution in [0.15, 0.2) is 30.3 Å². The zero-order valence-electron chi connectivity index (χ0n) is 21.9. The van der Waals surface area contributed by atoms with Crippen molar-refractivity contribution in [2.75, 3.05) is 33.3 Å². The quantitative estimate of drug-likeness (QED) is 0.468. The SMILES string of the molecule is COc1ccc(-c2nc3c(C)cc(C4CCN(C5CCN(C(C)C)CC5)CC4)cc3n2C)cc1F. The minimum atomic E-state index is -0.365. The van der Waals surface area contributed by atoms with Gasteiger partial charge in [0.2, 0.25) is 0 Å². The molecule has 2 aliphatic heterocycles. The number of ether oxygens (including phenoxy) is 1. The van der Waals surface area contributed by atoms with E-state index in [0.29, 0.717) is 12.0 Å². The van der Waals surface area contributed by atoms with Gasteiger partial charge in [-0.2, -0.15) is 0 Å². The van der Waals surface area contributed by atoms with Gasteiger partial charge in [0.05, 0.1) is 18.1 Å². The van der Waals surface area contributed by atoms with Crippen molar-refractivity contribution in [2.24, 2.45) is 7.05 Å². The molecule has 188 valence electrons. The predicted molar refractivity (Wildman–Crippen MR) is 141 cm³/mol. The molecular formula is C29H39FN4O. The number of methoxy groups -OCH3 is 1. The Morgan fingerprint density at radius 3 is 2.34 bits per heavy atom. The van der Waals surface area contributed by atoms with Crippen LogP contribution in [-0.4, -0.2) is 64.7 Å². The number of likely N-dealkylation sites (tertiary alicyclic amines) is 2. The van der Waals surface area contributed by atoms with Crippen LogP contribution in [0.25, 0.3) is 22.4 Å². The number of aryl methyl sites for hydroxylation is 2. The molecule has 2 aliphatic rings. The highest BCUT2D eigenvalue weighted by Crippen LogP contribution is 2.35. The van der Waals surface area contributed by atoms with Crippen LogP contribution in [0.2, 0.25) is 0 Å². The maximum atomic E-state index is 14.4. The normalized spacial score (nSPS) is 19.2. The third kappa shape index (κ3) is 4.70. The molecule has 2 saturated heterocycles. The Morgan fingerprint density at radius 1 is 1.00 bits per heavy atom. The summed E-state index contributed by atoms with van der Waals surface area (Å²) in [5.41, 5.74) is 5.49. The molecule has 5 rings (SSSR count). The molecule has 35 heavy (non-hydrogen) atoms. The van der Waals surface area contributed by atoms with Crippen LogP contribution in [-0.2, 0) is 7.05 Å². The number of nitrogens with zero attached hydrogens (tertiary/aromatic N) is 4. The monoisotopic (exact) mass is 478 g/mol. The van der Waals surface area contributed by atoms with Crippen LogP contribution in [0, 0.1) is 12.7 Å². The fraction of sp³-hybridized carbons (Fsp3) is 0.552. The summed E-state index contributed by atoms with van der Waals surface area (Å²) in [5, 5.41) is 0. The number of hydrogen-bond acceptors (Lipinski definition) is 4. The van der Waals surface area contributed by atoms with E-state index in [9.17, 15) is 4.39 Å². The molecule has 0 atom stereocenters. The highest BCUT2D eigenvalue weighted by molar-refractivity contribution is 5.84. The van der Waals surface area contributed by atoms with Gasteiger partial charge in [0, 0.05) is 24.7 Å². The fourth-order valence-corrected chi connectivity index (χ4v) is 6.15. The van der Waals surface area contributed by atoms with E-state index in [0.717, 1.165) is 28.5 Å². The molecule has 0 amide bonds. The largest absolute Gasteiger partial charge is 0.494 e. The third-order valence-corrected chi connectivity index (χ3v) is 8.36. The molecule has 0 bridgehead atoms. The summed E-state index contributed by atoms with van der Waals surface area (Å²) in [4.78, 5) is 10.3. The molecule has 0 saturated carbocycles. The lowest BCUT2D eigenvalue weighted by Gasteiger charge is -2.43. The number of halogens is 1. The molecule has 0 N–H and O–H groups in total. The average Bonchev–Trinajstić information content (AvgIpc) is 3.21. The number of fused-ring (bicyclic) bond motifs is 1. The van der Waals surface area contributed by atoms with Gasteiger partial charge in [0.25, 0.3) is 0 Å². The zero-order valence-corrected chi connectivity index (χ0v) is 21.9. The maximum absolute atomic E-state index is 14.4. The molecule has 3 heterocycles. The average molecular weight is 479 g/mol. The van der Waals surface area contributed by atoms with Gasteiger partial charge in [-0.3, -0.25) is 0 Å². The Hall–Kier alpha value is -2.44. The molecule has 0 unspecified atom stereocenters. The van der Waals surface area contributed by atoms with Crippen LogP contribution < -0.4 is 4.74 Å². The van der Waals surface area contributed by atoms with Crippen LogP contribution in [0.1, 0.15) is 56.6 Å². The van der Waals surface area contributed by atoms with Gasteiger partial charge < -0.3 is 19.1 Å². The van der Waals surface area contributed by atoms with Crippen molar-refractivity contribution in [3.8, 4) is 17.1 Å². The summed E-state index contributed by atoms with van der Waals surface area (Å²) < 4.78 is 21.5. The van der Waals surface area contributed by atoms with E-state index in [1.807, 2.05) is 13.1 Å². The van der Waals surface area contributed by atoms with Crippen molar-refractivity contribution in [3.05, 3.63) is 47.3 Å². The van der Waals surface area contributed by atoms with E-state index < -0.39 is 0 Å². The zero-order chi connectivity index (χ0) is 24.7. The molecule has 3 aromatic rings. The van der Waals surface area contributed by atoms with Crippen molar-refractivity contribution in [3.63, 3.8) is 0 Å². The van der Waals surface area contributed by atoms with Gasteiger partial charge in [-0.1, -0.05) is 6.07 Å². The van der Waals surface area contributed by atoms with Crippen LogP contribution in [0.5, 0.6) is 5.75 Å². The fourth-order valence-electron chi connectivity index (χ4n) is 6.15. The predicted octanol–water partition coefficient (Wildman–Crippen LogP) is 5.75. The lowest BCUT2D eigenvalue weighted by molar-refractivity contribution is 0.0753. The summed E-state index contributed by atoms with van der Waals surface area (Å²) in [7, 11) is 3.51. The molecule has 0 radical (unpaired) electrons. The van der Waals surface area contributed by atoms with Crippen LogP contribution in [0.3, 0.4) is 0 Å². The smallest absolute Gasteiger partial charge is 0.165 e. The summed E-state index contributed by atoms with van der Waals surface area (Å²) in [6.45, 7) is 11.6. The first-order chi connectivity index (χ1) is 16.9. The molecule has 2 aromatic carbocycles. The van der Waals surface area contributed by atoms with E-state index in [1.54, 1.807) is 6.07 Å². The Labute approximate surface area is 208 Å². The summed E-state index contributed by atoms with van der Waals surface area (Å²) in [6.07, 6.45) is 5.03. The second kappa shape index (κ2) is 9.90. The second-order valence-electron chi connectivity index (χ2n) is 10.7. The number of piperidine rings is 2. The minimum absolute atomic E-state index is 0.253. The van der Waals surface area contributed by atoms with Gasteiger partial charge in [0.1, 0.15) is 5.82 Å². The van der Waals surface area contributed by atoms with E-state index in [-0.39, 0.29) is 11.6 Å². The second-order valence-corrected chi connectivity index (χ2v) is 10.7. The van der Waals surface area contributed by atoms with Crippen molar-refractivity contribution in [1.29, 1.82) is 0 Å². The number of benzene rings is 2. The summed E-state index contributed by atoms with van der Waals surface area (Å²) in [6, 6.07) is 11.1. The topological polar surface area (TPSA) is 33.5 Å². The van der Waals surface area contributed by atoms with Crippen molar-refractivity contribution in [1.82, 2.24) is 19.4 Å². The van der Waals surface area contributed by atoms with Crippen molar-refractivity contribution in [2.45, 2.75) is 64.5 Å². The molecule has 0 spiro atoms. The number of hydrogen-bond donors (Lipinski definition) is 0. The van der Waals surface area contributed by atoms with Crippen LogP contribution in [0.4, 0.5) is 4.39 Å². The van der Waals surface area contributed by atoms with Gasteiger partial charge in [-0.25, -0.2) is 9.37 Å². The lowest BCUT2D eigenvalue weighted by Crippen LogP contribution is -2.48. The van der Waals surface area contributed by atoms with E-state index in [4.69, 9.17) is 9.72 Å². The van der Waals surface area contributed by atoms with E-state index in [1.165, 1.54) is 76.2 Å². The van der Waals surface area contributed by atoms with E-state index >= 15 is 0 Å². The van der Waals surface area contributed by atoms with Gasteiger partial charge in [-0.15, -0.1) is 0 Å². The molecule has 0 aliphatic carbocycles. The van der Waals surface area contributed by atoms with Gasteiger partial charge >= 0.3 is 0 Å². The molecule has 2 fully saturated rings. The van der Waals surface area contributed by atoms with Crippen molar-refractivity contribution >= 4 is 11.0 Å². The highest BCUT2D eigenvalue weighted by Gasteiger charge is 2.29. The minimum Gasteiger partial charge on any atom is -0.494 e. The first kappa shape index (κ1) is 24.3. The molecular weight excluding hydrogens is 439 g/mol. The number of rotatable bonds is 5. The Morgan fingerprint density at radius 2 is 1.71 bits per heavy atom.